The molecule has 0 saturated carbocycles. The largest absolute Gasteiger partial charge is 0.302 e. The van der Waals surface area contributed by atoms with E-state index in [0.717, 1.165) is 0 Å². The van der Waals surface area contributed by atoms with Gasteiger partial charge in [-0.2, -0.15) is 0 Å². The van der Waals surface area contributed by atoms with Crippen LogP contribution >= 0.6 is 46.4 Å². The Hall–Kier alpha value is 0.420. The Morgan fingerprint density at radius 1 is 1.00 bits per heavy atom. The molecule has 1 unspecified atom stereocenters. The van der Waals surface area contributed by atoms with Crippen molar-refractivity contribution in [2.75, 3.05) is 0 Å². The van der Waals surface area contributed by atoms with Crippen molar-refractivity contribution >= 4 is 57.5 Å². The van der Waals surface area contributed by atoms with E-state index in [0.29, 0.717) is 0 Å². The van der Waals surface area contributed by atoms with Crippen molar-refractivity contribution < 1.29 is 13.2 Å². The third kappa shape index (κ3) is 2.01. The maximum absolute atomic E-state index is 13.2. The van der Waals surface area contributed by atoms with E-state index in [1.165, 1.54) is 0 Å². The summed E-state index contributed by atoms with van der Waals surface area (Å²) in [7, 11) is 0. The minimum Gasteiger partial charge on any atom is -0.302 e. The second-order valence-corrected chi connectivity index (χ2v) is 4.57. The van der Waals surface area contributed by atoms with Gasteiger partial charge < -0.3 is 4.55 Å². The van der Waals surface area contributed by atoms with Gasteiger partial charge in [0, 0.05) is 0 Å². The average Bonchev–Trinajstić information content (AvgIpc) is 2.11. The molecule has 8 heteroatoms. The predicted octanol–water partition coefficient (Wildman–Crippen LogP) is 4.02. The molecule has 0 fully saturated rings. The summed E-state index contributed by atoms with van der Waals surface area (Å²) in [6.07, 6.45) is 0. The first-order valence-corrected chi connectivity index (χ1v) is 5.62. The molecule has 0 bridgehead atoms. The van der Waals surface area contributed by atoms with Crippen LogP contribution in [-0.4, -0.2) is 8.76 Å². The van der Waals surface area contributed by atoms with Crippen molar-refractivity contribution in [1.82, 2.24) is 0 Å². The Morgan fingerprint density at radius 3 is 1.86 bits per heavy atom. The lowest BCUT2D eigenvalue weighted by Crippen LogP contribution is -1.97. The number of hydrogen-bond donors (Lipinski definition) is 1. The van der Waals surface area contributed by atoms with Crippen LogP contribution in [0.2, 0.25) is 20.1 Å². The number of halogens is 5. The summed E-state index contributed by atoms with van der Waals surface area (Å²) >= 11 is 19.3. The predicted molar refractivity (Wildman–Crippen MR) is 55.5 cm³/mol. The van der Waals surface area contributed by atoms with Crippen LogP contribution in [0.5, 0.6) is 0 Å². The van der Waals surface area contributed by atoms with Crippen molar-refractivity contribution in [2.24, 2.45) is 0 Å². The summed E-state index contributed by atoms with van der Waals surface area (Å²) < 4.78 is 32.6. The maximum Gasteiger partial charge on any atom is 0.191 e. The SMILES string of the molecule is O=S(O)c1c(F)c(Cl)c(Cl)c(Cl)c1Cl. The number of hydrogen-bond acceptors (Lipinski definition) is 1. The lowest BCUT2D eigenvalue weighted by Gasteiger charge is -2.07. The van der Waals surface area contributed by atoms with Crippen LogP contribution in [0.25, 0.3) is 0 Å². The zero-order valence-corrected chi connectivity index (χ0v) is 9.99. The van der Waals surface area contributed by atoms with E-state index < -0.39 is 31.8 Å². The Morgan fingerprint density at radius 2 is 1.43 bits per heavy atom. The van der Waals surface area contributed by atoms with Gasteiger partial charge in [0.05, 0.1) is 20.1 Å². The topological polar surface area (TPSA) is 37.3 Å². The van der Waals surface area contributed by atoms with Gasteiger partial charge in [0.2, 0.25) is 0 Å². The standard InChI is InChI=1S/C6HCl4FO2S/c7-1-2(8)4(10)6(14(12)13)5(11)3(1)9/h(H,12,13). The molecule has 0 heterocycles. The Bertz CT molecular complexity index is 394. The summed E-state index contributed by atoms with van der Waals surface area (Å²) in [6.45, 7) is 0. The number of rotatable bonds is 1. The smallest absolute Gasteiger partial charge is 0.191 e. The molecule has 1 N–H and O–H groups in total. The van der Waals surface area contributed by atoms with Gasteiger partial charge in [0.1, 0.15) is 4.90 Å². The molecule has 2 nitrogen and oxygen atoms in total. The van der Waals surface area contributed by atoms with Gasteiger partial charge in [0.15, 0.2) is 16.9 Å². The fraction of sp³-hybridized carbons (Fsp3) is 0. The fourth-order valence-electron chi connectivity index (χ4n) is 0.738. The van der Waals surface area contributed by atoms with Crippen LogP contribution in [0, 0.1) is 5.82 Å². The van der Waals surface area contributed by atoms with E-state index in [-0.39, 0.29) is 10.0 Å². The summed E-state index contributed by atoms with van der Waals surface area (Å²) in [4.78, 5) is -0.675. The third-order valence-electron chi connectivity index (χ3n) is 1.34. The molecule has 0 saturated heterocycles. The zero-order valence-electron chi connectivity index (χ0n) is 6.15. The van der Waals surface area contributed by atoms with E-state index in [1.807, 2.05) is 0 Å². The van der Waals surface area contributed by atoms with E-state index >= 15 is 0 Å². The van der Waals surface area contributed by atoms with Crippen molar-refractivity contribution in [2.45, 2.75) is 4.90 Å². The summed E-state index contributed by atoms with van der Waals surface area (Å²) in [5, 5.41) is -1.49. The maximum atomic E-state index is 13.2. The fourth-order valence-corrected chi connectivity index (χ4v) is 2.39. The summed E-state index contributed by atoms with van der Waals surface area (Å²) in [6, 6.07) is 0. The third-order valence-corrected chi connectivity index (χ3v) is 3.97. The highest BCUT2D eigenvalue weighted by atomic mass is 35.5. The van der Waals surface area contributed by atoms with Gasteiger partial charge >= 0.3 is 0 Å². The first-order valence-electron chi connectivity index (χ1n) is 3.00. The van der Waals surface area contributed by atoms with Crippen molar-refractivity contribution in [3.8, 4) is 0 Å². The molecule has 1 aromatic rings. The van der Waals surface area contributed by atoms with Gasteiger partial charge in [-0.25, -0.2) is 8.60 Å². The van der Waals surface area contributed by atoms with Crippen molar-refractivity contribution in [1.29, 1.82) is 0 Å². The molecule has 14 heavy (non-hydrogen) atoms. The summed E-state index contributed by atoms with van der Waals surface area (Å²) in [5.41, 5.74) is 0. The van der Waals surface area contributed by atoms with Crippen LogP contribution in [0.1, 0.15) is 0 Å². The van der Waals surface area contributed by atoms with Gasteiger partial charge in [-0.05, 0) is 0 Å². The first-order chi connectivity index (χ1) is 6.37. The molecule has 0 spiro atoms. The molecule has 0 aliphatic rings. The molecule has 78 valence electrons. The van der Waals surface area contributed by atoms with Crippen LogP contribution < -0.4 is 0 Å². The van der Waals surface area contributed by atoms with Gasteiger partial charge in [-0.3, -0.25) is 0 Å². The van der Waals surface area contributed by atoms with Crippen LogP contribution in [0.4, 0.5) is 4.39 Å². The van der Waals surface area contributed by atoms with Crippen molar-refractivity contribution in [3.63, 3.8) is 0 Å². The normalized spacial score (nSPS) is 13.0. The summed E-state index contributed by atoms with van der Waals surface area (Å²) in [5.74, 6) is -1.15. The van der Waals surface area contributed by atoms with Gasteiger partial charge in [0.25, 0.3) is 0 Å². The van der Waals surface area contributed by atoms with Crippen LogP contribution in [-0.2, 0) is 11.1 Å². The minimum atomic E-state index is -2.62. The molecular formula is C6HCl4FO2S. The quantitative estimate of drug-likeness (QED) is 0.483. The highest BCUT2D eigenvalue weighted by molar-refractivity contribution is 7.79. The molecule has 0 amide bonds. The number of benzene rings is 1. The highest BCUT2D eigenvalue weighted by Gasteiger charge is 2.23. The monoisotopic (exact) mass is 296 g/mol. The van der Waals surface area contributed by atoms with E-state index in [2.05, 4.69) is 0 Å². The molecule has 0 aliphatic heterocycles. The molecule has 1 rings (SSSR count). The molecule has 1 atom stereocenters. The average molecular weight is 298 g/mol. The van der Waals surface area contributed by atoms with E-state index in [9.17, 15) is 8.60 Å². The molecule has 0 aliphatic carbocycles. The Labute approximate surface area is 101 Å². The van der Waals surface area contributed by atoms with Crippen molar-refractivity contribution in [3.05, 3.63) is 25.9 Å². The Kier molecular flexibility index (Phi) is 4.03. The highest BCUT2D eigenvalue weighted by Crippen LogP contribution is 2.41. The molecular weight excluding hydrogens is 297 g/mol. The van der Waals surface area contributed by atoms with Crippen LogP contribution in [0.15, 0.2) is 4.90 Å². The Balaban J connectivity index is 3.68. The van der Waals surface area contributed by atoms with Crippen LogP contribution in [0.3, 0.4) is 0 Å². The second-order valence-electron chi connectivity index (χ2n) is 2.15. The minimum absolute atomic E-state index is 0.253. The zero-order chi connectivity index (χ0) is 11.0. The van der Waals surface area contributed by atoms with Gasteiger partial charge in [-0.1, -0.05) is 46.4 Å². The molecule has 0 aromatic heterocycles. The molecule has 1 aromatic carbocycles. The first kappa shape index (κ1) is 12.5. The van der Waals surface area contributed by atoms with E-state index in [1.54, 1.807) is 0 Å². The lowest BCUT2D eigenvalue weighted by atomic mass is 10.3. The molecule has 0 radical (unpaired) electrons. The van der Waals surface area contributed by atoms with E-state index in [4.69, 9.17) is 51.0 Å². The lowest BCUT2D eigenvalue weighted by molar-refractivity contribution is 0.544. The van der Waals surface area contributed by atoms with Gasteiger partial charge in [-0.15, -0.1) is 0 Å². The second kappa shape index (κ2) is 4.51.